The first-order valence-electron chi connectivity index (χ1n) is 8.27. The largest absolute Gasteiger partial charge is 0.353 e. The molecule has 1 aromatic carbocycles. The molecular formula is C16H27Cl2N7O. The number of halogens is 2. The number of nitrogens with one attached hydrogen (secondary N) is 3. The molecule has 1 amide bonds. The summed E-state index contributed by atoms with van der Waals surface area (Å²) < 4.78 is 1.58. The van der Waals surface area contributed by atoms with Gasteiger partial charge in [-0.3, -0.25) is 4.79 Å². The number of aromatic nitrogens is 4. The summed E-state index contributed by atoms with van der Waals surface area (Å²) in [6.45, 7) is 7.47. The molecule has 0 bridgehead atoms. The molecule has 0 aliphatic rings. The van der Waals surface area contributed by atoms with Gasteiger partial charge in [0.2, 0.25) is 11.9 Å². The standard InChI is InChI=1S/C16H25N7O.2ClH/c1-4-14(15(24)18-11-12(3)17-5-2)19-16-20-21-22-23(16)13-9-7-6-8-10-13;;/h6-10,12,14,17H,4-5,11H2,1-3H3,(H,18,24)(H,19,20,22);2*1H/t12-,14?;;/m1../s1. The van der Waals surface area contributed by atoms with E-state index in [1.807, 2.05) is 51.1 Å². The second kappa shape index (κ2) is 12.5. The van der Waals surface area contributed by atoms with Crippen LogP contribution in [0, 0.1) is 0 Å². The molecule has 3 N–H and O–H groups in total. The van der Waals surface area contributed by atoms with E-state index in [1.165, 1.54) is 0 Å². The van der Waals surface area contributed by atoms with Crippen molar-refractivity contribution < 1.29 is 4.79 Å². The van der Waals surface area contributed by atoms with Crippen LogP contribution >= 0.6 is 24.8 Å². The second-order valence-electron chi connectivity index (χ2n) is 5.56. The minimum absolute atomic E-state index is 0. The highest BCUT2D eigenvalue weighted by atomic mass is 35.5. The predicted molar refractivity (Wildman–Crippen MR) is 108 cm³/mol. The highest BCUT2D eigenvalue weighted by molar-refractivity contribution is 5.85. The zero-order chi connectivity index (χ0) is 17.4. The third kappa shape index (κ3) is 6.78. The lowest BCUT2D eigenvalue weighted by Gasteiger charge is -2.19. The van der Waals surface area contributed by atoms with Gasteiger partial charge in [-0.05, 0) is 42.4 Å². The highest BCUT2D eigenvalue weighted by Gasteiger charge is 2.20. The summed E-state index contributed by atoms with van der Waals surface area (Å²) in [4.78, 5) is 12.4. The van der Waals surface area contributed by atoms with Gasteiger partial charge in [-0.1, -0.05) is 37.1 Å². The van der Waals surface area contributed by atoms with Gasteiger partial charge in [0.25, 0.3) is 0 Å². The molecule has 0 aliphatic heterocycles. The van der Waals surface area contributed by atoms with Gasteiger partial charge in [0.15, 0.2) is 0 Å². The molecule has 2 aromatic rings. The normalized spacial score (nSPS) is 12.3. The Morgan fingerprint density at radius 2 is 1.88 bits per heavy atom. The number of amides is 1. The van der Waals surface area contributed by atoms with Gasteiger partial charge in [0.1, 0.15) is 6.04 Å². The van der Waals surface area contributed by atoms with Crippen LogP contribution in [0.25, 0.3) is 5.69 Å². The third-order valence-electron chi connectivity index (χ3n) is 3.63. The maximum absolute atomic E-state index is 12.4. The summed E-state index contributed by atoms with van der Waals surface area (Å²) >= 11 is 0. The van der Waals surface area contributed by atoms with Gasteiger partial charge in [0.05, 0.1) is 5.69 Å². The number of carbonyl (C=O) groups excluding carboxylic acids is 1. The van der Waals surface area contributed by atoms with Crippen molar-refractivity contribution in [2.45, 2.75) is 39.3 Å². The predicted octanol–water partition coefficient (Wildman–Crippen LogP) is 1.81. The Balaban J connectivity index is 0.00000312. The molecule has 26 heavy (non-hydrogen) atoms. The molecule has 0 aliphatic carbocycles. The zero-order valence-corrected chi connectivity index (χ0v) is 16.8. The molecule has 8 nitrogen and oxygen atoms in total. The van der Waals surface area contributed by atoms with Crippen LogP contribution in [-0.2, 0) is 4.79 Å². The molecule has 10 heteroatoms. The summed E-state index contributed by atoms with van der Waals surface area (Å²) in [6.07, 6.45) is 0.628. The van der Waals surface area contributed by atoms with Crippen LogP contribution in [0.4, 0.5) is 5.95 Å². The fourth-order valence-corrected chi connectivity index (χ4v) is 2.33. The number of hydrogen-bond donors (Lipinski definition) is 3. The van der Waals surface area contributed by atoms with Gasteiger partial charge in [-0.15, -0.1) is 24.8 Å². The average Bonchev–Trinajstić information content (AvgIpc) is 3.07. The quantitative estimate of drug-likeness (QED) is 0.590. The van der Waals surface area contributed by atoms with E-state index in [0.717, 1.165) is 12.2 Å². The van der Waals surface area contributed by atoms with E-state index in [2.05, 4.69) is 31.5 Å². The number of anilines is 1. The molecule has 146 valence electrons. The Labute approximate surface area is 166 Å². The van der Waals surface area contributed by atoms with Gasteiger partial charge < -0.3 is 16.0 Å². The Morgan fingerprint density at radius 3 is 2.50 bits per heavy atom. The molecule has 0 saturated carbocycles. The maximum atomic E-state index is 12.4. The first-order valence-corrected chi connectivity index (χ1v) is 8.27. The van der Waals surface area contributed by atoms with E-state index in [1.54, 1.807) is 4.68 Å². The van der Waals surface area contributed by atoms with Crippen LogP contribution in [0.1, 0.15) is 27.2 Å². The lowest BCUT2D eigenvalue weighted by molar-refractivity contribution is -0.122. The minimum atomic E-state index is -0.396. The van der Waals surface area contributed by atoms with Crippen LogP contribution in [-0.4, -0.2) is 51.3 Å². The van der Waals surface area contributed by atoms with Crippen LogP contribution < -0.4 is 16.0 Å². The minimum Gasteiger partial charge on any atom is -0.353 e. The summed E-state index contributed by atoms with van der Waals surface area (Å²) in [5, 5.41) is 21.0. The van der Waals surface area contributed by atoms with E-state index in [4.69, 9.17) is 0 Å². The summed E-state index contributed by atoms with van der Waals surface area (Å²) in [6, 6.07) is 9.38. The maximum Gasteiger partial charge on any atom is 0.248 e. The Morgan fingerprint density at radius 1 is 1.19 bits per heavy atom. The molecule has 1 unspecified atom stereocenters. The molecule has 2 atom stereocenters. The van der Waals surface area contributed by atoms with Gasteiger partial charge >= 0.3 is 0 Å². The van der Waals surface area contributed by atoms with E-state index in [9.17, 15) is 4.79 Å². The SMILES string of the molecule is CCN[C@H](C)CNC(=O)C(CC)Nc1nnnn1-c1ccccc1.Cl.Cl. The van der Waals surface area contributed by atoms with Crippen LogP contribution in [0.15, 0.2) is 30.3 Å². The summed E-state index contributed by atoms with van der Waals surface area (Å²) in [7, 11) is 0. The van der Waals surface area contributed by atoms with E-state index in [0.29, 0.717) is 18.9 Å². The monoisotopic (exact) mass is 403 g/mol. The third-order valence-corrected chi connectivity index (χ3v) is 3.63. The molecule has 1 aromatic heterocycles. The Kier molecular flexibility index (Phi) is 11.5. The van der Waals surface area contributed by atoms with E-state index >= 15 is 0 Å². The number of likely N-dealkylation sites (N-methyl/N-ethyl adjacent to an activating group) is 1. The molecule has 0 radical (unpaired) electrons. The van der Waals surface area contributed by atoms with Crippen molar-refractivity contribution in [3.8, 4) is 5.69 Å². The smallest absolute Gasteiger partial charge is 0.248 e. The summed E-state index contributed by atoms with van der Waals surface area (Å²) in [5.74, 6) is 0.382. The van der Waals surface area contributed by atoms with Crippen LogP contribution in [0.5, 0.6) is 0 Å². The molecule has 2 rings (SSSR count). The summed E-state index contributed by atoms with van der Waals surface area (Å²) in [5.41, 5.74) is 0.834. The van der Waals surface area contributed by atoms with Crippen molar-refractivity contribution >= 4 is 36.7 Å². The molecule has 1 heterocycles. The molecule has 0 saturated heterocycles. The number of nitrogens with zero attached hydrogens (tertiary/aromatic N) is 4. The van der Waals surface area contributed by atoms with Crippen molar-refractivity contribution in [3.63, 3.8) is 0 Å². The fraction of sp³-hybridized carbons (Fsp3) is 0.500. The molecular weight excluding hydrogens is 377 g/mol. The van der Waals surface area contributed by atoms with Gasteiger partial charge in [0, 0.05) is 12.6 Å². The fourth-order valence-electron chi connectivity index (χ4n) is 2.33. The van der Waals surface area contributed by atoms with E-state index < -0.39 is 6.04 Å². The van der Waals surface area contributed by atoms with E-state index in [-0.39, 0.29) is 36.8 Å². The number of tetrazole rings is 1. The van der Waals surface area contributed by atoms with Crippen molar-refractivity contribution in [1.29, 1.82) is 0 Å². The average molecular weight is 404 g/mol. The number of hydrogen-bond acceptors (Lipinski definition) is 6. The number of para-hydroxylation sites is 1. The van der Waals surface area contributed by atoms with Gasteiger partial charge in [-0.25, -0.2) is 0 Å². The Bertz CT molecular complexity index is 639. The second-order valence-corrected chi connectivity index (χ2v) is 5.56. The molecule has 0 fully saturated rings. The van der Waals surface area contributed by atoms with Crippen molar-refractivity contribution in [1.82, 2.24) is 30.8 Å². The number of carbonyl (C=O) groups is 1. The first kappa shape index (κ1) is 24.1. The van der Waals surface area contributed by atoms with Crippen molar-refractivity contribution in [2.24, 2.45) is 0 Å². The Hall–Kier alpha value is -1.90. The molecule has 0 spiro atoms. The van der Waals surface area contributed by atoms with Crippen LogP contribution in [0.3, 0.4) is 0 Å². The number of rotatable bonds is 9. The zero-order valence-electron chi connectivity index (χ0n) is 15.2. The first-order chi connectivity index (χ1) is 11.7. The number of benzene rings is 1. The topological polar surface area (TPSA) is 96.8 Å². The lowest BCUT2D eigenvalue weighted by Crippen LogP contribution is -2.45. The van der Waals surface area contributed by atoms with Crippen LogP contribution in [0.2, 0.25) is 0 Å². The van der Waals surface area contributed by atoms with Gasteiger partial charge in [-0.2, -0.15) is 4.68 Å². The van der Waals surface area contributed by atoms with Crippen molar-refractivity contribution in [2.75, 3.05) is 18.4 Å². The lowest BCUT2D eigenvalue weighted by atomic mass is 10.2. The highest BCUT2D eigenvalue weighted by Crippen LogP contribution is 2.12. The van der Waals surface area contributed by atoms with Crippen molar-refractivity contribution in [3.05, 3.63) is 30.3 Å².